The fourth-order valence-corrected chi connectivity index (χ4v) is 7.58. The van der Waals surface area contributed by atoms with Gasteiger partial charge in [0.15, 0.2) is 9.84 Å². The molecule has 3 fully saturated rings. The van der Waals surface area contributed by atoms with Crippen LogP contribution in [0.4, 0.5) is 19.0 Å². The van der Waals surface area contributed by atoms with Crippen LogP contribution in [0.3, 0.4) is 0 Å². The van der Waals surface area contributed by atoms with E-state index in [0.717, 1.165) is 50.3 Å². The Balaban J connectivity index is 1.53. The number of hydrogen-bond donors (Lipinski definition) is 1. The number of carbonyl (C=O) groups excluding carboxylic acids is 1. The Hall–Kier alpha value is -3.07. The lowest BCUT2D eigenvalue weighted by atomic mass is 9.96. The zero-order chi connectivity index (χ0) is 27.3. The number of aromatic nitrogens is 2. The topological polar surface area (TPSA) is 108 Å². The second-order valence-corrected chi connectivity index (χ2v) is 12.8. The third-order valence-corrected chi connectivity index (χ3v) is 10.1. The molecular formula is C26H30F3N5O3S. The summed E-state index contributed by atoms with van der Waals surface area (Å²) >= 11 is 0. The number of nitriles is 1. The number of amides is 1. The number of benzene rings is 1. The van der Waals surface area contributed by atoms with Crippen molar-refractivity contribution >= 4 is 21.6 Å². The normalized spacial score (nSPS) is 23.7. The maximum absolute atomic E-state index is 13.7. The third kappa shape index (κ3) is 4.88. The van der Waals surface area contributed by atoms with Crippen molar-refractivity contribution in [1.29, 1.82) is 5.26 Å². The molecule has 204 valence electrons. The zero-order valence-corrected chi connectivity index (χ0v) is 21.9. The van der Waals surface area contributed by atoms with Gasteiger partial charge in [0.05, 0.1) is 33.5 Å². The number of rotatable bonds is 6. The van der Waals surface area contributed by atoms with E-state index in [-0.39, 0.29) is 19.0 Å². The van der Waals surface area contributed by atoms with E-state index in [4.69, 9.17) is 0 Å². The third-order valence-electron chi connectivity index (χ3n) is 7.88. The number of nitrogens with one attached hydrogen (secondary N) is 1. The van der Waals surface area contributed by atoms with E-state index in [2.05, 4.69) is 16.5 Å². The van der Waals surface area contributed by atoms with Gasteiger partial charge in [-0.15, -0.1) is 0 Å². The molecule has 1 aromatic heterocycles. The maximum Gasteiger partial charge on any atom is 0.417 e. The molecule has 2 aromatic rings. The van der Waals surface area contributed by atoms with Gasteiger partial charge in [0.1, 0.15) is 17.4 Å². The smallest absolute Gasteiger partial charge is 0.343 e. The molecule has 2 saturated carbocycles. The van der Waals surface area contributed by atoms with E-state index in [0.29, 0.717) is 24.4 Å². The largest absolute Gasteiger partial charge is 0.417 e. The Morgan fingerprint density at radius 3 is 2.50 bits per heavy atom. The Kier molecular flexibility index (Phi) is 6.70. The molecule has 3 aliphatic rings. The monoisotopic (exact) mass is 549 g/mol. The minimum atomic E-state index is -4.85. The summed E-state index contributed by atoms with van der Waals surface area (Å²) in [6, 6.07) is 7.17. The number of hydrogen-bond acceptors (Lipinski definition) is 6. The van der Waals surface area contributed by atoms with E-state index >= 15 is 0 Å². The van der Waals surface area contributed by atoms with Crippen LogP contribution >= 0.6 is 0 Å². The van der Waals surface area contributed by atoms with E-state index < -0.39 is 49.2 Å². The number of carbonyl (C=O) groups is 1. The van der Waals surface area contributed by atoms with E-state index in [1.807, 2.05) is 11.6 Å². The molecule has 0 spiro atoms. The van der Waals surface area contributed by atoms with Crippen LogP contribution in [0.25, 0.3) is 0 Å². The van der Waals surface area contributed by atoms with E-state index in [1.165, 1.54) is 6.07 Å². The van der Waals surface area contributed by atoms with Gasteiger partial charge in [0.2, 0.25) is 5.91 Å². The second kappa shape index (κ2) is 9.59. The standard InChI is InChI=1S/C26H30F3N5O3S/c1-17-13-23(34(32-17)18-7-3-2-4-8-18)33-15-19(14-21(33)24(35)31-25(16-30)11-12-25)38(36,37)22-10-6-5-9-20(22)26(27,28)29/h5-6,9-10,13,18-19,21H,2-4,7-8,11-12,14-15H2,1H3,(H,31,35)/t19-,21+/m1/s1. The van der Waals surface area contributed by atoms with Crippen LogP contribution in [0.5, 0.6) is 0 Å². The molecule has 1 saturated heterocycles. The summed E-state index contributed by atoms with van der Waals surface area (Å²) in [7, 11) is -4.46. The van der Waals surface area contributed by atoms with Crippen LogP contribution in [-0.2, 0) is 20.8 Å². The van der Waals surface area contributed by atoms with Crippen molar-refractivity contribution < 1.29 is 26.4 Å². The molecule has 38 heavy (non-hydrogen) atoms. The molecule has 0 radical (unpaired) electrons. The molecule has 2 aliphatic carbocycles. The maximum atomic E-state index is 13.7. The lowest BCUT2D eigenvalue weighted by molar-refractivity contribution is -0.139. The molecule has 2 heterocycles. The van der Waals surface area contributed by atoms with Gasteiger partial charge in [-0.1, -0.05) is 31.4 Å². The van der Waals surface area contributed by atoms with Crippen LogP contribution in [-0.4, -0.2) is 47.5 Å². The fraction of sp³-hybridized carbons (Fsp3) is 0.577. The van der Waals surface area contributed by atoms with E-state index in [9.17, 15) is 31.6 Å². The minimum Gasteiger partial charge on any atom is -0.343 e. The summed E-state index contributed by atoms with van der Waals surface area (Å²) in [5, 5.41) is 15.7. The predicted octanol–water partition coefficient (Wildman–Crippen LogP) is 4.31. The molecule has 2 atom stereocenters. The highest BCUT2D eigenvalue weighted by molar-refractivity contribution is 7.92. The quantitative estimate of drug-likeness (QED) is 0.576. The van der Waals surface area contributed by atoms with Crippen molar-refractivity contribution in [2.24, 2.45) is 0 Å². The van der Waals surface area contributed by atoms with Crippen LogP contribution in [0.1, 0.15) is 68.7 Å². The van der Waals surface area contributed by atoms with Gasteiger partial charge in [-0.25, -0.2) is 13.1 Å². The van der Waals surface area contributed by atoms with Gasteiger partial charge in [0.25, 0.3) is 0 Å². The number of alkyl halides is 3. The average Bonchev–Trinajstić information content (AvgIpc) is 3.32. The summed E-state index contributed by atoms with van der Waals surface area (Å²) in [6.07, 6.45) is 0.941. The molecule has 12 heteroatoms. The van der Waals surface area contributed by atoms with Crippen molar-refractivity contribution in [3.63, 3.8) is 0 Å². The first kappa shape index (κ1) is 26.5. The molecule has 1 N–H and O–H groups in total. The van der Waals surface area contributed by atoms with Crippen LogP contribution < -0.4 is 10.2 Å². The molecule has 5 rings (SSSR count). The molecule has 1 aromatic carbocycles. The number of sulfone groups is 1. The van der Waals surface area contributed by atoms with Gasteiger partial charge in [-0.3, -0.25) is 4.79 Å². The molecule has 8 nitrogen and oxygen atoms in total. The van der Waals surface area contributed by atoms with Gasteiger partial charge in [0, 0.05) is 12.6 Å². The fourth-order valence-electron chi connectivity index (χ4n) is 5.67. The summed E-state index contributed by atoms with van der Waals surface area (Å²) in [6.45, 7) is 1.65. The van der Waals surface area contributed by atoms with Crippen molar-refractivity contribution in [3.05, 3.63) is 41.6 Å². The van der Waals surface area contributed by atoms with Crippen molar-refractivity contribution in [3.8, 4) is 6.07 Å². The molecule has 1 amide bonds. The summed E-state index contributed by atoms with van der Waals surface area (Å²) in [5.74, 6) is 0.0815. The highest BCUT2D eigenvalue weighted by atomic mass is 32.2. The number of halogens is 3. The first-order valence-electron chi connectivity index (χ1n) is 12.9. The Morgan fingerprint density at radius 1 is 1.18 bits per heavy atom. The molecule has 1 aliphatic heterocycles. The highest BCUT2D eigenvalue weighted by Crippen LogP contribution is 2.41. The Labute approximate surface area is 219 Å². The summed E-state index contributed by atoms with van der Waals surface area (Å²) in [5.41, 5.74) is -1.49. The number of anilines is 1. The SMILES string of the molecule is Cc1cc(N2C[C@H](S(=O)(=O)c3ccccc3C(F)(F)F)C[C@H]2C(=O)NC2(C#N)CC2)n(C2CCCCC2)n1. The first-order chi connectivity index (χ1) is 17.9. The van der Waals surface area contributed by atoms with Gasteiger partial charge in [-0.05, 0) is 51.2 Å². The van der Waals surface area contributed by atoms with E-state index in [1.54, 1.807) is 11.0 Å². The number of nitrogens with zero attached hydrogens (tertiary/aromatic N) is 4. The van der Waals surface area contributed by atoms with Gasteiger partial charge in [-0.2, -0.15) is 23.5 Å². The highest BCUT2D eigenvalue weighted by Gasteiger charge is 2.51. The minimum absolute atomic E-state index is 0.0895. The summed E-state index contributed by atoms with van der Waals surface area (Å²) in [4.78, 5) is 14.3. The zero-order valence-electron chi connectivity index (χ0n) is 21.0. The predicted molar refractivity (Wildman–Crippen MR) is 133 cm³/mol. The second-order valence-electron chi connectivity index (χ2n) is 10.6. The van der Waals surface area contributed by atoms with Crippen molar-refractivity contribution in [2.75, 3.05) is 11.4 Å². The first-order valence-corrected chi connectivity index (χ1v) is 14.5. The number of aryl methyl sites for hydroxylation is 1. The Bertz CT molecular complexity index is 1370. The van der Waals surface area contributed by atoms with Crippen molar-refractivity contribution in [1.82, 2.24) is 15.1 Å². The summed E-state index contributed by atoms with van der Waals surface area (Å²) < 4.78 is 70.3. The molecular weight excluding hydrogens is 519 g/mol. The molecule has 0 unspecified atom stereocenters. The lowest BCUT2D eigenvalue weighted by Crippen LogP contribution is -2.48. The van der Waals surface area contributed by atoms with Crippen LogP contribution in [0.2, 0.25) is 0 Å². The lowest BCUT2D eigenvalue weighted by Gasteiger charge is -2.30. The van der Waals surface area contributed by atoms with Crippen LogP contribution in [0, 0.1) is 18.3 Å². The van der Waals surface area contributed by atoms with Gasteiger partial charge >= 0.3 is 6.18 Å². The average molecular weight is 550 g/mol. The molecule has 0 bridgehead atoms. The Morgan fingerprint density at radius 2 is 1.87 bits per heavy atom. The van der Waals surface area contributed by atoms with Gasteiger partial charge < -0.3 is 10.2 Å². The van der Waals surface area contributed by atoms with Crippen molar-refractivity contribution in [2.45, 2.75) is 92.2 Å². The van der Waals surface area contributed by atoms with Crippen LogP contribution in [0.15, 0.2) is 35.2 Å².